The molecule has 1 atom stereocenters. The van der Waals surface area contributed by atoms with Gasteiger partial charge in [0, 0.05) is 17.1 Å². The van der Waals surface area contributed by atoms with Crippen molar-refractivity contribution in [2.45, 2.75) is 58.9 Å². The highest BCUT2D eigenvalue weighted by Gasteiger charge is 2.15. The number of carbonyl (C=O) groups excluding carboxylic acids is 2. The van der Waals surface area contributed by atoms with Gasteiger partial charge >= 0.3 is 5.97 Å². The Labute approximate surface area is 155 Å². The average Bonchev–Trinajstić information content (AvgIpc) is 2.62. The van der Waals surface area contributed by atoms with Crippen LogP contribution in [-0.4, -0.2) is 29.5 Å². The molecule has 0 saturated heterocycles. The summed E-state index contributed by atoms with van der Waals surface area (Å²) in [6.45, 7) is 5.71. The first kappa shape index (κ1) is 19.9. The third-order valence-corrected chi connectivity index (χ3v) is 4.30. The van der Waals surface area contributed by atoms with Crippen molar-refractivity contribution in [3.05, 3.63) is 41.6 Å². The lowest BCUT2D eigenvalue weighted by atomic mass is 10.1. The second-order valence-electron chi connectivity index (χ2n) is 6.72. The van der Waals surface area contributed by atoms with E-state index >= 15 is 0 Å². The van der Waals surface area contributed by atoms with E-state index in [0.29, 0.717) is 5.56 Å². The van der Waals surface area contributed by atoms with Crippen LogP contribution in [0.25, 0.3) is 10.9 Å². The first-order valence-electron chi connectivity index (χ1n) is 9.34. The number of carbonyl (C=O) groups is 2. The predicted molar refractivity (Wildman–Crippen MR) is 103 cm³/mol. The highest BCUT2D eigenvalue weighted by molar-refractivity contribution is 6.04. The van der Waals surface area contributed by atoms with E-state index in [0.717, 1.165) is 29.4 Å². The molecule has 5 heteroatoms. The molecule has 0 saturated carbocycles. The van der Waals surface area contributed by atoms with Crippen LogP contribution in [0, 0.1) is 6.92 Å². The Morgan fingerprint density at radius 3 is 2.73 bits per heavy atom. The van der Waals surface area contributed by atoms with Crippen LogP contribution in [0.3, 0.4) is 0 Å². The number of amides is 1. The van der Waals surface area contributed by atoms with Crippen molar-refractivity contribution in [1.82, 2.24) is 10.3 Å². The van der Waals surface area contributed by atoms with Crippen LogP contribution < -0.4 is 5.32 Å². The molecule has 1 heterocycles. The number of hydrogen-bond acceptors (Lipinski definition) is 4. The van der Waals surface area contributed by atoms with Gasteiger partial charge in [-0.2, -0.15) is 0 Å². The normalized spacial score (nSPS) is 12.0. The fourth-order valence-electron chi connectivity index (χ4n) is 2.95. The molecular weight excluding hydrogens is 328 g/mol. The van der Waals surface area contributed by atoms with E-state index in [1.165, 1.54) is 19.3 Å². The molecule has 0 spiro atoms. The fraction of sp³-hybridized carbons (Fsp3) is 0.476. The minimum Gasteiger partial charge on any atom is -0.452 e. The van der Waals surface area contributed by atoms with Crippen molar-refractivity contribution >= 4 is 22.8 Å². The van der Waals surface area contributed by atoms with Crippen LogP contribution in [0.5, 0.6) is 0 Å². The summed E-state index contributed by atoms with van der Waals surface area (Å²) in [4.78, 5) is 28.8. The van der Waals surface area contributed by atoms with Gasteiger partial charge in [0.05, 0.1) is 11.1 Å². The summed E-state index contributed by atoms with van der Waals surface area (Å²) >= 11 is 0. The van der Waals surface area contributed by atoms with E-state index < -0.39 is 5.97 Å². The summed E-state index contributed by atoms with van der Waals surface area (Å²) in [5.74, 6) is -0.770. The van der Waals surface area contributed by atoms with E-state index in [1.807, 2.05) is 38.1 Å². The van der Waals surface area contributed by atoms with Gasteiger partial charge in [-0.15, -0.1) is 0 Å². The maximum atomic E-state index is 12.4. The van der Waals surface area contributed by atoms with Gasteiger partial charge < -0.3 is 10.1 Å². The zero-order valence-corrected chi connectivity index (χ0v) is 15.9. The Hall–Kier alpha value is -2.43. The molecule has 5 nitrogen and oxygen atoms in total. The van der Waals surface area contributed by atoms with Crippen molar-refractivity contribution in [2.24, 2.45) is 0 Å². The molecule has 1 N–H and O–H groups in total. The molecule has 0 aliphatic heterocycles. The number of nitrogens with one attached hydrogen (secondary N) is 1. The standard InChI is InChI=1S/C21H28N2O3/c1-4-5-6-7-10-15(2)23-20(24)14-26-21(25)18-13-16(3)22-19-12-9-8-11-17(18)19/h8-9,11-13,15H,4-7,10,14H2,1-3H3,(H,23,24)/t15-/m0/s1. The molecule has 2 aromatic rings. The SMILES string of the molecule is CCCCCC[C@H](C)NC(=O)COC(=O)c1cc(C)nc2ccccc12. The molecule has 140 valence electrons. The van der Waals surface area contributed by atoms with E-state index in [4.69, 9.17) is 4.74 Å². The van der Waals surface area contributed by atoms with Crippen LogP contribution in [0.4, 0.5) is 0 Å². The summed E-state index contributed by atoms with van der Waals surface area (Å²) in [5, 5.41) is 3.61. The third kappa shape index (κ3) is 5.83. The summed E-state index contributed by atoms with van der Waals surface area (Å²) in [7, 11) is 0. The number of ether oxygens (including phenoxy) is 1. The Morgan fingerprint density at radius 1 is 1.19 bits per heavy atom. The second kappa shape index (κ2) is 9.90. The van der Waals surface area contributed by atoms with Gasteiger partial charge in [0.25, 0.3) is 5.91 Å². The average molecular weight is 356 g/mol. The molecule has 0 aliphatic rings. The molecule has 0 aliphatic carbocycles. The molecule has 1 amide bonds. The van der Waals surface area contributed by atoms with E-state index in [1.54, 1.807) is 6.07 Å². The summed E-state index contributed by atoms with van der Waals surface area (Å²) in [5.41, 5.74) is 1.92. The van der Waals surface area contributed by atoms with Crippen LogP contribution in [0.1, 0.15) is 62.0 Å². The molecule has 2 rings (SSSR count). The first-order valence-corrected chi connectivity index (χ1v) is 9.34. The number of aryl methyl sites for hydroxylation is 1. The number of pyridine rings is 1. The van der Waals surface area contributed by atoms with Crippen molar-refractivity contribution < 1.29 is 14.3 Å². The van der Waals surface area contributed by atoms with Gasteiger partial charge in [0.2, 0.25) is 0 Å². The summed E-state index contributed by atoms with van der Waals surface area (Å²) in [6.07, 6.45) is 5.63. The predicted octanol–water partition coefficient (Wildman–Crippen LogP) is 4.18. The molecule has 1 aromatic heterocycles. The summed E-state index contributed by atoms with van der Waals surface area (Å²) in [6, 6.07) is 9.19. The summed E-state index contributed by atoms with van der Waals surface area (Å²) < 4.78 is 5.22. The molecule has 0 radical (unpaired) electrons. The van der Waals surface area contributed by atoms with Crippen molar-refractivity contribution in [1.29, 1.82) is 0 Å². The lowest BCUT2D eigenvalue weighted by Gasteiger charge is -2.14. The zero-order chi connectivity index (χ0) is 18.9. The number of aromatic nitrogens is 1. The van der Waals surface area contributed by atoms with Gasteiger partial charge in [-0.3, -0.25) is 9.78 Å². The monoisotopic (exact) mass is 356 g/mol. The largest absolute Gasteiger partial charge is 0.452 e. The molecule has 1 aromatic carbocycles. The van der Waals surface area contributed by atoms with E-state index in [9.17, 15) is 9.59 Å². The smallest absolute Gasteiger partial charge is 0.339 e. The minimum atomic E-state index is -0.502. The Balaban J connectivity index is 1.88. The zero-order valence-electron chi connectivity index (χ0n) is 15.9. The van der Waals surface area contributed by atoms with Gasteiger partial charge in [0.1, 0.15) is 0 Å². The topological polar surface area (TPSA) is 68.3 Å². The van der Waals surface area contributed by atoms with Crippen LogP contribution in [-0.2, 0) is 9.53 Å². The number of unbranched alkanes of at least 4 members (excludes halogenated alkanes) is 3. The highest BCUT2D eigenvalue weighted by Crippen LogP contribution is 2.19. The van der Waals surface area contributed by atoms with E-state index in [2.05, 4.69) is 17.2 Å². The van der Waals surface area contributed by atoms with Crippen molar-refractivity contribution in [2.75, 3.05) is 6.61 Å². The Bertz CT molecular complexity index is 758. The number of fused-ring (bicyclic) bond motifs is 1. The quantitative estimate of drug-likeness (QED) is 0.541. The number of nitrogens with zero attached hydrogens (tertiary/aromatic N) is 1. The highest BCUT2D eigenvalue weighted by atomic mass is 16.5. The minimum absolute atomic E-state index is 0.0852. The van der Waals surface area contributed by atoms with Gasteiger partial charge in [-0.25, -0.2) is 4.79 Å². The van der Waals surface area contributed by atoms with Gasteiger partial charge in [-0.1, -0.05) is 50.8 Å². The van der Waals surface area contributed by atoms with Crippen LogP contribution >= 0.6 is 0 Å². The number of esters is 1. The lowest BCUT2D eigenvalue weighted by molar-refractivity contribution is -0.124. The molecule has 0 fully saturated rings. The number of para-hydroxylation sites is 1. The molecular formula is C21H28N2O3. The molecule has 0 unspecified atom stereocenters. The fourth-order valence-corrected chi connectivity index (χ4v) is 2.95. The van der Waals surface area contributed by atoms with Crippen molar-refractivity contribution in [3.8, 4) is 0 Å². The van der Waals surface area contributed by atoms with Gasteiger partial charge in [-0.05, 0) is 32.4 Å². The van der Waals surface area contributed by atoms with Crippen LogP contribution in [0.2, 0.25) is 0 Å². The lowest BCUT2D eigenvalue weighted by Crippen LogP contribution is -2.35. The Morgan fingerprint density at radius 2 is 1.96 bits per heavy atom. The maximum Gasteiger partial charge on any atom is 0.339 e. The number of hydrogen-bond donors (Lipinski definition) is 1. The van der Waals surface area contributed by atoms with Crippen LogP contribution in [0.15, 0.2) is 30.3 Å². The van der Waals surface area contributed by atoms with E-state index in [-0.39, 0.29) is 18.6 Å². The van der Waals surface area contributed by atoms with Gasteiger partial charge in [0.15, 0.2) is 6.61 Å². The third-order valence-electron chi connectivity index (χ3n) is 4.30. The van der Waals surface area contributed by atoms with Crippen molar-refractivity contribution in [3.63, 3.8) is 0 Å². The number of rotatable bonds is 9. The molecule has 0 bridgehead atoms. The second-order valence-corrected chi connectivity index (χ2v) is 6.72. The Kier molecular flexibility index (Phi) is 7.57. The molecule has 26 heavy (non-hydrogen) atoms. The first-order chi connectivity index (χ1) is 12.5. The number of benzene rings is 1. The maximum absolute atomic E-state index is 12.4.